The molecule has 0 bridgehead atoms. The van der Waals surface area contributed by atoms with Gasteiger partial charge in [-0.3, -0.25) is 9.69 Å². The van der Waals surface area contributed by atoms with Crippen molar-refractivity contribution in [3.8, 4) is 17.6 Å². The maximum Gasteiger partial charge on any atom is 0.414 e. The fourth-order valence-corrected chi connectivity index (χ4v) is 4.50. The molecule has 10 nitrogen and oxygen atoms in total. The van der Waals surface area contributed by atoms with E-state index in [1.165, 1.54) is 11.8 Å². The highest BCUT2D eigenvalue weighted by molar-refractivity contribution is 7.92. The summed E-state index contributed by atoms with van der Waals surface area (Å²) < 4.78 is 39.6. The third-order valence-electron chi connectivity index (χ3n) is 5.85. The number of nitrogens with zero attached hydrogens (tertiary/aromatic N) is 1. The van der Waals surface area contributed by atoms with Crippen LogP contribution in [-0.4, -0.2) is 63.6 Å². The van der Waals surface area contributed by atoms with Gasteiger partial charge in [0, 0.05) is 31.4 Å². The molecule has 1 aromatic carbocycles. The first-order valence-corrected chi connectivity index (χ1v) is 12.9. The number of nitrogens with one attached hydrogen (secondary N) is 1. The van der Waals surface area contributed by atoms with Gasteiger partial charge in [0.2, 0.25) is 0 Å². The van der Waals surface area contributed by atoms with Crippen LogP contribution in [0, 0.1) is 11.8 Å². The van der Waals surface area contributed by atoms with Gasteiger partial charge in [-0.25, -0.2) is 23.5 Å². The third kappa shape index (κ3) is 6.20. The topological polar surface area (TPSA) is 120 Å². The molecule has 3 rings (SSSR count). The van der Waals surface area contributed by atoms with Crippen LogP contribution in [0.25, 0.3) is 0 Å². The van der Waals surface area contributed by atoms with Crippen LogP contribution in [0.1, 0.15) is 39.5 Å². The molecule has 0 spiro atoms. The van der Waals surface area contributed by atoms with Crippen molar-refractivity contribution in [2.75, 3.05) is 30.9 Å². The minimum Gasteiger partial charge on any atom is -0.481 e. The molecule has 0 radical (unpaired) electrons. The Morgan fingerprint density at radius 2 is 2.03 bits per heavy atom. The van der Waals surface area contributed by atoms with Crippen molar-refractivity contribution in [2.24, 2.45) is 0 Å². The van der Waals surface area contributed by atoms with Crippen molar-refractivity contribution < 1.29 is 37.1 Å². The average Bonchev–Trinajstić information content (AvgIpc) is 3.17. The number of hydrogen-bond acceptors (Lipinski definition) is 8. The van der Waals surface area contributed by atoms with Gasteiger partial charge in [0.1, 0.15) is 18.5 Å². The molecule has 3 unspecified atom stereocenters. The summed E-state index contributed by atoms with van der Waals surface area (Å²) in [6.07, 6.45) is 1.06. The SMILES string of the molecule is CC#CCOc1ccc(N2CC(CC(C)(C(=O)NOC3CCCCO3)S(C)(=O)=O)OC2=O)cc1. The van der Waals surface area contributed by atoms with E-state index in [-0.39, 0.29) is 19.6 Å². The van der Waals surface area contributed by atoms with E-state index in [2.05, 4.69) is 17.3 Å². The largest absolute Gasteiger partial charge is 0.481 e. The van der Waals surface area contributed by atoms with E-state index >= 15 is 0 Å². The molecule has 34 heavy (non-hydrogen) atoms. The van der Waals surface area contributed by atoms with Crippen molar-refractivity contribution in [1.82, 2.24) is 5.48 Å². The molecule has 2 fully saturated rings. The summed E-state index contributed by atoms with van der Waals surface area (Å²) >= 11 is 0. The summed E-state index contributed by atoms with van der Waals surface area (Å²) in [5, 5.41) is 0. The van der Waals surface area contributed by atoms with Crippen LogP contribution in [0.5, 0.6) is 5.75 Å². The van der Waals surface area contributed by atoms with Crippen molar-refractivity contribution in [2.45, 2.75) is 56.7 Å². The van der Waals surface area contributed by atoms with Crippen LogP contribution < -0.4 is 15.1 Å². The monoisotopic (exact) mass is 494 g/mol. The molecule has 0 saturated carbocycles. The zero-order valence-corrected chi connectivity index (χ0v) is 20.4. The van der Waals surface area contributed by atoms with Crippen LogP contribution in [0.15, 0.2) is 24.3 Å². The highest BCUT2D eigenvalue weighted by Gasteiger charge is 2.48. The molecular weight excluding hydrogens is 464 g/mol. The molecule has 2 saturated heterocycles. The Balaban J connectivity index is 1.65. The zero-order valence-electron chi connectivity index (χ0n) is 19.5. The lowest BCUT2D eigenvalue weighted by atomic mass is 10.0. The van der Waals surface area contributed by atoms with Gasteiger partial charge in [0.05, 0.1) is 6.54 Å². The molecule has 11 heteroatoms. The maximum absolute atomic E-state index is 12.9. The molecule has 186 valence electrons. The number of rotatable bonds is 9. The lowest BCUT2D eigenvalue weighted by molar-refractivity contribution is -0.201. The Hall–Kier alpha value is -2.81. The van der Waals surface area contributed by atoms with E-state index in [4.69, 9.17) is 19.0 Å². The number of cyclic esters (lactones) is 1. The predicted octanol–water partition coefficient (Wildman–Crippen LogP) is 2.18. The molecule has 0 aromatic heterocycles. The van der Waals surface area contributed by atoms with Gasteiger partial charge in [-0.1, -0.05) is 5.92 Å². The van der Waals surface area contributed by atoms with Gasteiger partial charge in [0.25, 0.3) is 5.91 Å². The minimum atomic E-state index is -3.89. The standard InChI is InChI=1S/C23H30N2O8S/c1-4-5-13-30-18-11-9-17(10-12-18)25-16-19(32-22(25)27)15-23(2,34(3,28)29)21(26)24-33-20-8-6-7-14-31-20/h9-12,19-20H,6-8,13-16H2,1-3H3,(H,24,26). The molecule has 0 aliphatic carbocycles. The van der Waals surface area contributed by atoms with E-state index in [1.54, 1.807) is 31.2 Å². The second-order valence-corrected chi connectivity index (χ2v) is 10.8. The van der Waals surface area contributed by atoms with E-state index in [0.29, 0.717) is 24.5 Å². The first-order valence-electron chi connectivity index (χ1n) is 11.0. The molecular formula is C23H30N2O8S. The summed E-state index contributed by atoms with van der Waals surface area (Å²) in [6, 6.07) is 6.79. The summed E-state index contributed by atoms with van der Waals surface area (Å²) in [4.78, 5) is 32.0. The first-order chi connectivity index (χ1) is 16.1. The Labute approximate surface area is 199 Å². The van der Waals surface area contributed by atoms with Gasteiger partial charge < -0.3 is 14.2 Å². The molecule has 2 aliphatic rings. The molecule has 2 heterocycles. The zero-order chi connectivity index (χ0) is 24.8. The van der Waals surface area contributed by atoms with Crippen LogP contribution in [-0.2, 0) is 28.9 Å². The number of carbonyl (C=O) groups is 2. The molecule has 2 aliphatic heterocycles. The number of sulfone groups is 1. The van der Waals surface area contributed by atoms with Crippen molar-refractivity contribution >= 4 is 27.5 Å². The number of hydroxylamine groups is 1. The number of benzene rings is 1. The number of carbonyl (C=O) groups excluding carboxylic acids is 2. The maximum atomic E-state index is 12.9. The average molecular weight is 495 g/mol. The normalized spacial score (nSPS) is 22.2. The lowest BCUT2D eigenvalue weighted by Gasteiger charge is -2.29. The Bertz CT molecular complexity index is 1040. The summed E-state index contributed by atoms with van der Waals surface area (Å²) in [6.45, 7) is 3.87. The smallest absolute Gasteiger partial charge is 0.414 e. The summed E-state index contributed by atoms with van der Waals surface area (Å²) in [5.41, 5.74) is 2.79. The Kier molecular flexibility index (Phi) is 8.41. The predicted molar refractivity (Wildman–Crippen MR) is 124 cm³/mol. The van der Waals surface area contributed by atoms with E-state index < -0.39 is 39.0 Å². The molecule has 1 aromatic rings. The highest BCUT2D eigenvalue weighted by atomic mass is 32.2. The van der Waals surface area contributed by atoms with Gasteiger partial charge in [-0.15, -0.1) is 5.92 Å². The Morgan fingerprint density at radius 1 is 1.29 bits per heavy atom. The number of amides is 2. The van der Waals surface area contributed by atoms with Gasteiger partial charge >= 0.3 is 6.09 Å². The number of anilines is 1. The van der Waals surface area contributed by atoms with Crippen LogP contribution in [0.3, 0.4) is 0 Å². The number of hydrogen-bond donors (Lipinski definition) is 1. The fraction of sp³-hybridized carbons (Fsp3) is 0.565. The summed E-state index contributed by atoms with van der Waals surface area (Å²) in [5.74, 6) is 5.29. The second kappa shape index (κ2) is 11.1. The van der Waals surface area contributed by atoms with Crippen LogP contribution in [0.4, 0.5) is 10.5 Å². The van der Waals surface area contributed by atoms with Crippen molar-refractivity contribution in [3.63, 3.8) is 0 Å². The van der Waals surface area contributed by atoms with E-state index in [9.17, 15) is 18.0 Å². The van der Waals surface area contributed by atoms with Gasteiger partial charge in [-0.2, -0.15) is 0 Å². The first kappa shape index (κ1) is 25.8. The quantitative estimate of drug-likeness (QED) is 0.410. The van der Waals surface area contributed by atoms with Gasteiger partial charge in [-0.05, 0) is 51.0 Å². The van der Waals surface area contributed by atoms with E-state index in [0.717, 1.165) is 19.1 Å². The van der Waals surface area contributed by atoms with Crippen molar-refractivity contribution in [1.29, 1.82) is 0 Å². The Morgan fingerprint density at radius 3 is 2.65 bits per heavy atom. The van der Waals surface area contributed by atoms with Gasteiger partial charge in [0.15, 0.2) is 20.9 Å². The molecule has 2 amide bonds. The van der Waals surface area contributed by atoms with Crippen molar-refractivity contribution in [3.05, 3.63) is 24.3 Å². The third-order valence-corrected chi connectivity index (χ3v) is 7.84. The second-order valence-electron chi connectivity index (χ2n) is 8.38. The van der Waals surface area contributed by atoms with Crippen LogP contribution >= 0.6 is 0 Å². The minimum absolute atomic E-state index is 0.0886. The highest BCUT2D eigenvalue weighted by Crippen LogP contribution is 2.31. The fourth-order valence-electron chi connectivity index (χ4n) is 3.63. The van der Waals surface area contributed by atoms with E-state index in [1.807, 2.05) is 0 Å². The molecule has 3 atom stereocenters. The molecule has 1 N–H and O–H groups in total. The lowest BCUT2D eigenvalue weighted by Crippen LogP contribution is -2.53. The van der Waals surface area contributed by atoms with Crippen LogP contribution in [0.2, 0.25) is 0 Å². The summed E-state index contributed by atoms with van der Waals surface area (Å²) in [7, 11) is -3.89. The number of ether oxygens (including phenoxy) is 3.